The molecule has 2 saturated heterocycles. The van der Waals surface area contributed by atoms with Crippen LogP contribution in [0.5, 0.6) is 0 Å². The highest BCUT2D eigenvalue weighted by molar-refractivity contribution is 5.90. The summed E-state index contributed by atoms with van der Waals surface area (Å²) in [5, 5.41) is 0. The summed E-state index contributed by atoms with van der Waals surface area (Å²) in [7, 11) is 0. The van der Waals surface area contributed by atoms with Crippen molar-refractivity contribution in [2.75, 3.05) is 24.5 Å². The number of rotatable bonds is 8. The number of nitrogens with zero attached hydrogens (tertiary/aromatic N) is 2. The number of hydrogen-bond donors (Lipinski definition) is 0. The van der Waals surface area contributed by atoms with Gasteiger partial charge < -0.3 is 4.74 Å². The highest BCUT2D eigenvalue weighted by atomic mass is 16.6. The summed E-state index contributed by atoms with van der Waals surface area (Å²) in [4.78, 5) is 33.2. The van der Waals surface area contributed by atoms with Gasteiger partial charge in [0.15, 0.2) is 0 Å². The Morgan fingerprint density at radius 2 is 1.38 bits per heavy atom. The van der Waals surface area contributed by atoms with Crippen LogP contribution in [0.25, 0.3) is 11.1 Å². The molecule has 1 spiro atoms. The minimum absolute atomic E-state index is 0.209. The molecule has 0 bridgehead atoms. The van der Waals surface area contributed by atoms with Crippen molar-refractivity contribution in [1.29, 1.82) is 0 Å². The molecule has 0 atom stereocenters. The topological polar surface area (TPSA) is 66.9 Å². The standard InChI is InChI=1S/C32H38N2O2.CO2/c1-3-11-27-21-25(22-28(12-4-2)30(27)26-13-7-5-8-14-26)23-33-19-17-32(18-20-33)24-34(31(35)36-32)29-15-9-6-10-16-29;2-1-3/h5-10,13-16,21-22H,3-4,11-12,17-20,23-24H2,1-2H3;. The van der Waals surface area contributed by atoms with Crippen LogP contribution in [-0.2, 0) is 33.7 Å². The van der Waals surface area contributed by atoms with Gasteiger partial charge in [0.05, 0.1) is 6.54 Å². The number of amides is 1. The van der Waals surface area contributed by atoms with E-state index in [1.54, 1.807) is 4.90 Å². The molecule has 0 aliphatic carbocycles. The van der Waals surface area contributed by atoms with Gasteiger partial charge in [-0.15, -0.1) is 0 Å². The van der Waals surface area contributed by atoms with E-state index in [1.807, 2.05) is 30.3 Å². The number of piperidine rings is 1. The second kappa shape index (κ2) is 13.4. The Labute approximate surface area is 231 Å². The lowest BCUT2D eigenvalue weighted by molar-refractivity contribution is -0.191. The van der Waals surface area contributed by atoms with Crippen LogP contribution >= 0.6 is 0 Å². The number of hydrogen-bond acceptors (Lipinski definition) is 5. The lowest BCUT2D eigenvalue weighted by Crippen LogP contribution is -2.46. The summed E-state index contributed by atoms with van der Waals surface area (Å²) >= 11 is 0. The summed E-state index contributed by atoms with van der Waals surface area (Å²) in [6.07, 6.45) is 6.29. The maximum absolute atomic E-state index is 12.7. The molecule has 0 saturated carbocycles. The third-order valence-electron chi connectivity index (χ3n) is 7.67. The molecule has 5 rings (SSSR count). The van der Waals surface area contributed by atoms with Crippen molar-refractivity contribution in [2.24, 2.45) is 0 Å². The Morgan fingerprint density at radius 1 is 0.846 bits per heavy atom. The summed E-state index contributed by atoms with van der Waals surface area (Å²) in [6.45, 7) is 8.04. The molecule has 0 unspecified atom stereocenters. The summed E-state index contributed by atoms with van der Waals surface area (Å²) in [5.74, 6) is 0. The zero-order valence-electron chi connectivity index (χ0n) is 23.0. The molecule has 0 aromatic heterocycles. The van der Waals surface area contributed by atoms with Crippen molar-refractivity contribution in [1.82, 2.24) is 4.90 Å². The Kier molecular flexibility index (Phi) is 9.69. The van der Waals surface area contributed by atoms with Gasteiger partial charge in [0.1, 0.15) is 5.60 Å². The van der Waals surface area contributed by atoms with Crippen LogP contribution in [0.2, 0.25) is 0 Å². The lowest BCUT2D eigenvalue weighted by atomic mass is 9.87. The van der Waals surface area contributed by atoms with E-state index in [4.69, 9.17) is 14.3 Å². The van der Waals surface area contributed by atoms with Gasteiger partial charge in [0.25, 0.3) is 0 Å². The number of carbonyl (C=O) groups excluding carboxylic acids is 3. The van der Waals surface area contributed by atoms with Crippen LogP contribution in [0.3, 0.4) is 0 Å². The summed E-state index contributed by atoms with van der Waals surface area (Å²) < 4.78 is 5.98. The van der Waals surface area contributed by atoms with Gasteiger partial charge in [0, 0.05) is 38.2 Å². The van der Waals surface area contributed by atoms with Crippen LogP contribution in [0.15, 0.2) is 72.8 Å². The zero-order valence-corrected chi connectivity index (χ0v) is 23.0. The van der Waals surface area contributed by atoms with E-state index < -0.39 is 0 Å². The number of carbonyl (C=O) groups is 1. The van der Waals surface area contributed by atoms with Crippen LogP contribution < -0.4 is 4.90 Å². The third kappa shape index (κ3) is 6.83. The number of likely N-dealkylation sites (tertiary alicyclic amines) is 1. The minimum Gasteiger partial charge on any atom is -0.441 e. The van der Waals surface area contributed by atoms with Crippen molar-refractivity contribution in [3.8, 4) is 11.1 Å². The minimum atomic E-state index is -0.360. The van der Waals surface area contributed by atoms with Crippen LogP contribution in [0, 0.1) is 0 Å². The maximum Gasteiger partial charge on any atom is 0.415 e. The molecule has 2 aliphatic rings. The SMILES string of the molecule is CCCc1cc(CN2CCC3(CC2)CN(c2ccccc2)C(=O)O3)cc(CCC)c1-c1ccccc1.O=C=O. The van der Waals surface area contributed by atoms with E-state index in [-0.39, 0.29) is 17.8 Å². The summed E-state index contributed by atoms with van der Waals surface area (Å²) in [5.41, 5.74) is 7.70. The van der Waals surface area contributed by atoms with E-state index in [9.17, 15) is 4.79 Å². The largest absolute Gasteiger partial charge is 0.441 e. The molecule has 3 aromatic carbocycles. The van der Waals surface area contributed by atoms with E-state index in [2.05, 4.69) is 61.2 Å². The zero-order chi connectivity index (χ0) is 27.7. The highest BCUT2D eigenvalue weighted by Crippen LogP contribution is 2.37. The highest BCUT2D eigenvalue weighted by Gasteiger charge is 2.47. The molecule has 0 radical (unpaired) electrons. The fourth-order valence-corrected chi connectivity index (χ4v) is 5.91. The molecular weight excluding hydrogens is 488 g/mol. The Bertz CT molecular complexity index is 1230. The Hall–Kier alpha value is -3.73. The molecule has 3 aromatic rings. The van der Waals surface area contributed by atoms with Crippen molar-refractivity contribution < 1.29 is 19.1 Å². The van der Waals surface area contributed by atoms with Gasteiger partial charge in [-0.25, -0.2) is 4.79 Å². The van der Waals surface area contributed by atoms with E-state index in [0.717, 1.165) is 63.8 Å². The fourth-order valence-electron chi connectivity index (χ4n) is 5.91. The first kappa shape index (κ1) is 28.3. The molecule has 39 heavy (non-hydrogen) atoms. The van der Waals surface area contributed by atoms with Gasteiger partial charge >= 0.3 is 12.2 Å². The van der Waals surface area contributed by atoms with Gasteiger partial charge in [-0.3, -0.25) is 9.80 Å². The maximum atomic E-state index is 12.7. The number of ether oxygens (including phenoxy) is 1. The normalized spacial score (nSPS) is 16.4. The first-order valence-electron chi connectivity index (χ1n) is 14.0. The molecule has 204 valence electrons. The molecule has 2 heterocycles. The molecular formula is C33H38N2O4. The van der Waals surface area contributed by atoms with Crippen LogP contribution in [0.1, 0.15) is 56.2 Å². The van der Waals surface area contributed by atoms with Gasteiger partial charge in [-0.1, -0.05) is 87.4 Å². The van der Waals surface area contributed by atoms with E-state index in [1.165, 1.54) is 27.8 Å². The molecule has 2 aliphatic heterocycles. The summed E-state index contributed by atoms with van der Waals surface area (Å²) in [6, 6.07) is 25.7. The molecule has 6 heteroatoms. The third-order valence-corrected chi connectivity index (χ3v) is 7.67. The van der Waals surface area contributed by atoms with Gasteiger partial charge in [-0.2, -0.15) is 9.59 Å². The van der Waals surface area contributed by atoms with Crippen molar-refractivity contribution in [3.05, 3.63) is 89.5 Å². The second-order valence-corrected chi connectivity index (χ2v) is 10.5. The molecule has 1 amide bonds. The lowest BCUT2D eigenvalue weighted by Gasteiger charge is -2.37. The predicted molar refractivity (Wildman–Crippen MR) is 152 cm³/mol. The van der Waals surface area contributed by atoms with Gasteiger partial charge in [0.2, 0.25) is 0 Å². The fraction of sp³-hybridized carbons (Fsp3) is 0.394. The smallest absolute Gasteiger partial charge is 0.415 e. The molecule has 2 fully saturated rings. The van der Waals surface area contributed by atoms with E-state index in [0.29, 0.717) is 6.54 Å². The Balaban J connectivity index is 0.00000112. The average Bonchev–Trinajstić information content (AvgIpc) is 3.27. The molecule has 0 N–H and O–H groups in total. The van der Waals surface area contributed by atoms with Gasteiger partial charge in [-0.05, 0) is 52.8 Å². The Morgan fingerprint density at radius 3 is 1.92 bits per heavy atom. The quantitative estimate of drug-likeness (QED) is 0.328. The molecule has 6 nitrogen and oxygen atoms in total. The monoisotopic (exact) mass is 526 g/mol. The van der Waals surface area contributed by atoms with E-state index >= 15 is 0 Å². The number of aryl methyl sites for hydroxylation is 2. The number of anilines is 1. The van der Waals surface area contributed by atoms with Crippen LogP contribution in [0.4, 0.5) is 10.5 Å². The number of benzene rings is 3. The first-order chi connectivity index (χ1) is 19.0. The van der Waals surface area contributed by atoms with Crippen LogP contribution in [-0.4, -0.2) is 42.4 Å². The number of para-hydroxylation sites is 1. The van der Waals surface area contributed by atoms with Crippen molar-refractivity contribution in [3.63, 3.8) is 0 Å². The second-order valence-electron chi connectivity index (χ2n) is 10.5. The van der Waals surface area contributed by atoms with Crippen molar-refractivity contribution >= 4 is 17.9 Å². The predicted octanol–water partition coefficient (Wildman–Crippen LogP) is 6.67. The first-order valence-corrected chi connectivity index (χ1v) is 14.0. The average molecular weight is 527 g/mol. The van der Waals surface area contributed by atoms with Crippen molar-refractivity contribution in [2.45, 2.75) is 64.5 Å².